The van der Waals surface area contributed by atoms with Crippen molar-refractivity contribution in [1.82, 2.24) is 29.9 Å². The van der Waals surface area contributed by atoms with Crippen molar-refractivity contribution in [1.29, 1.82) is 5.26 Å². The van der Waals surface area contributed by atoms with Gasteiger partial charge in [-0.3, -0.25) is 0 Å². The zero-order valence-electron chi connectivity index (χ0n) is 21.6. The van der Waals surface area contributed by atoms with E-state index in [0.717, 1.165) is 11.3 Å². The van der Waals surface area contributed by atoms with Crippen LogP contribution in [-0.2, 0) is 20.4 Å². The Balaban J connectivity index is 1.61. The number of piperazine rings is 1. The van der Waals surface area contributed by atoms with Crippen molar-refractivity contribution >= 4 is 32.7 Å². The minimum absolute atomic E-state index is 0.0427. The Morgan fingerprint density at radius 2 is 1.90 bits per heavy atom. The molecule has 15 heteroatoms. The van der Waals surface area contributed by atoms with Crippen molar-refractivity contribution in [2.75, 3.05) is 25.1 Å². The van der Waals surface area contributed by atoms with Crippen LogP contribution in [0.2, 0.25) is 0 Å². The molecule has 2 N–H and O–H groups in total. The normalized spacial score (nSPS) is 23.8. The summed E-state index contributed by atoms with van der Waals surface area (Å²) < 4.78 is 64.2. The molecule has 0 bridgehead atoms. The van der Waals surface area contributed by atoms with Gasteiger partial charge in [-0.2, -0.15) is 15.1 Å². The van der Waals surface area contributed by atoms with Crippen LogP contribution in [0.1, 0.15) is 56.7 Å². The molecule has 2 atom stereocenters. The van der Waals surface area contributed by atoms with Gasteiger partial charge < -0.3 is 15.0 Å². The average Bonchev–Trinajstić information content (AvgIpc) is 3.75. The first-order valence-corrected chi connectivity index (χ1v) is 15.0. The zero-order valence-corrected chi connectivity index (χ0v) is 23.2. The molecule has 0 spiro atoms. The number of alkyl halides is 2. The highest BCUT2D eigenvalue weighted by Crippen LogP contribution is 2.53. The molecule has 3 aromatic rings. The van der Waals surface area contributed by atoms with E-state index >= 15 is 0 Å². The molecule has 0 amide bonds. The summed E-state index contributed by atoms with van der Waals surface area (Å²) in [6, 6.07) is 5.33. The molecule has 3 aromatic heterocycles. The van der Waals surface area contributed by atoms with Crippen LogP contribution < -0.4 is 14.9 Å². The number of ether oxygens (including phenoxy) is 1. The van der Waals surface area contributed by atoms with Crippen LogP contribution in [0.3, 0.4) is 0 Å². The lowest BCUT2D eigenvalue weighted by Crippen LogP contribution is -2.54. The van der Waals surface area contributed by atoms with E-state index in [1.54, 1.807) is 17.7 Å². The Hall–Kier alpha value is -2.77. The van der Waals surface area contributed by atoms with Gasteiger partial charge in [-0.15, -0.1) is 10.2 Å². The quantitative estimate of drug-likeness (QED) is 0.413. The molecule has 39 heavy (non-hydrogen) atoms. The van der Waals surface area contributed by atoms with Crippen LogP contribution >= 0.6 is 11.3 Å². The van der Waals surface area contributed by atoms with E-state index in [0.29, 0.717) is 61.4 Å². The van der Waals surface area contributed by atoms with Crippen LogP contribution in [0, 0.1) is 11.3 Å². The SMILES string of the molecule is COC1(c2nn3c(N4C[C@H](C)N[C@@H](C)C4)cc(S(=O)(=O)NC4(C#N)CC4)cc3c2-c2nnc(C(F)F)s2)CC1. The summed E-state index contributed by atoms with van der Waals surface area (Å²) in [7, 11) is -2.54. The maximum atomic E-state index is 13.6. The molecule has 4 heterocycles. The molecule has 11 nitrogen and oxygen atoms in total. The van der Waals surface area contributed by atoms with E-state index in [4.69, 9.17) is 9.84 Å². The first kappa shape index (κ1) is 26.5. The Morgan fingerprint density at radius 3 is 2.44 bits per heavy atom. The number of rotatable bonds is 8. The number of hydrogen-bond acceptors (Lipinski definition) is 10. The van der Waals surface area contributed by atoms with Crippen LogP contribution in [0.25, 0.3) is 16.1 Å². The predicted octanol–water partition coefficient (Wildman–Crippen LogP) is 2.95. The number of fused-ring (bicyclic) bond motifs is 1. The molecule has 2 saturated carbocycles. The van der Waals surface area contributed by atoms with E-state index in [1.807, 2.05) is 13.8 Å². The second kappa shape index (κ2) is 9.13. The molecular weight excluding hydrogens is 550 g/mol. The molecule has 208 valence electrons. The number of hydrogen-bond donors (Lipinski definition) is 2. The summed E-state index contributed by atoms with van der Waals surface area (Å²) in [5, 5.41) is 25.4. The maximum absolute atomic E-state index is 13.6. The Morgan fingerprint density at radius 1 is 1.21 bits per heavy atom. The Kier molecular flexibility index (Phi) is 6.19. The highest BCUT2D eigenvalue weighted by molar-refractivity contribution is 7.89. The van der Waals surface area contributed by atoms with Crippen molar-refractivity contribution in [2.45, 2.75) is 74.1 Å². The second-order valence-electron chi connectivity index (χ2n) is 10.7. The third-order valence-corrected chi connectivity index (χ3v) is 10.0. The molecule has 0 aromatic carbocycles. The molecular formula is C24H28F2N8O3S2. The van der Waals surface area contributed by atoms with Gasteiger partial charge in [0.15, 0.2) is 10.0 Å². The first-order chi connectivity index (χ1) is 18.5. The van der Waals surface area contributed by atoms with Crippen molar-refractivity contribution < 1.29 is 21.9 Å². The summed E-state index contributed by atoms with van der Waals surface area (Å²) in [6.07, 6.45) is -0.571. The third-order valence-electron chi connectivity index (χ3n) is 7.54. The number of halogens is 2. The van der Waals surface area contributed by atoms with E-state index in [1.165, 1.54) is 6.07 Å². The summed E-state index contributed by atoms with van der Waals surface area (Å²) in [5.41, 5.74) is -0.511. The van der Waals surface area contributed by atoms with Crippen LogP contribution in [-0.4, -0.2) is 66.1 Å². The van der Waals surface area contributed by atoms with Crippen molar-refractivity contribution in [2.24, 2.45) is 0 Å². The zero-order chi connectivity index (χ0) is 27.7. The van der Waals surface area contributed by atoms with Gasteiger partial charge in [-0.05, 0) is 45.6 Å². The van der Waals surface area contributed by atoms with E-state index in [-0.39, 0.29) is 22.0 Å². The molecule has 1 aliphatic heterocycles. The molecule has 0 radical (unpaired) electrons. The fourth-order valence-corrected chi connectivity index (χ4v) is 7.44. The molecule has 1 saturated heterocycles. The minimum atomic E-state index is -4.11. The van der Waals surface area contributed by atoms with Crippen molar-refractivity contribution in [3.63, 3.8) is 0 Å². The van der Waals surface area contributed by atoms with Gasteiger partial charge in [-0.1, -0.05) is 11.3 Å². The van der Waals surface area contributed by atoms with Gasteiger partial charge in [0.2, 0.25) is 10.0 Å². The minimum Gasteiger partial charge on any atom is -0.372 e. The lowest BCUT2D eigenvalue weighted by molar-refractivity contribution is 0.0754. The van der Waals surface area contributed by atoms with Gasteiger partial charge in [-0.25, -0.2) is 21.7 Å². The first-order valence-electron chi connectivity index (χ1n) is 12.7. The topological polar surface area (TPSA) is 138 Å². The van der Waals surface area contributed by atoms with E-state index < -0.39 is 32.6 Å². The molecule has 3 aliphatic rings. The average molecular weight is 579 g/mol. The van der Waals surface area contributed by atoms with Crippen LogP contribution in [0.5, 0.6) is 0 Å². The number of methoxy groups -OCH3 is 1. The number of nitrogens with one attached hydrogen (secondary N) is 2. The summed E-state index contributed by atoms with van der Waals surface area (Å²) in [6.45, 7) is 5.27. The summed E-state index contributed by atoms with van der Waals surface area (Å²) in [4.78, 5) is 2.02. The van der Waals surface area contributed by atoms with Gasteiger partial charge in [0, 0.05) is 38.3 Å². The number of aromatic nitrogens is 4. The predicted molar refractivity (Wildman–Crippen MR) is 139 cm³/mol. The lowest BCUT2D eigenvalue weighted by atomic mass is 10.1. The molecule has 2 aliphatic carbocycles. The van der Waals surface area contributed by atoms with Crippen molar-refractivity contribution in [3.8, 4) is 16.6 Å². The second-order valence-corrected chi connectivity index (χ2v) is 13.4. The summed E-state index contributed by atoms with van der Waals surface area (Å²) >= 11 is 0.748. The highest BCUT2D eigenvalue weighted by atomic mass is 32.2. The van der Waals surface area contributed by atoms with Gasteiger partial charge in [0.05, 0.1) is 22.0 Å². The standard InChI is InChI=1S/C24H28F2N8O3S2/c1-13-10-33(11-14(2)28-13)17-9-15(39(35,36)32-23(12-27)4-5-23)8-16-18(21-29-30-22(38-21)20(25)26)19(31-34(16)17)24(37-3)6-7-24/h8-9,13-14,20,28,32H,4-7,10-11H2,1-3H3/t13-,14-/m0/s1. The smallest absolute Gasteiger partial charge is 0.291 e. The number of nitrogens with zero attached hydrogens (tertiary/aromatic N) is 6. The Bertz CT molecular complexity index is 1580. The van der Waals surface area contributed by atoms with E-state index in [9.17, 15) is 22.5 Å². The maximum Gasteiger partial charge on any atom is 0.291 e. The van der Waals surface area contributed by atoms with Gasteiger partial charge >= 0.3 is 0 Å². The largest absolute Gasteiger partial charge is 0.372 e. The Labute approximate surface area is 228 Å². The number of nitriles is 1. The van der Waals surface area contributed by atoms with Crippen LogP contribution in [0.4, 0.5) is 14.6 Å². The molecule has 6 rings (SSSR count). The lowest BCUT2D eigenvalue weighted by Gasteiger charge is -2.37. The van der Waals surface area contributed by atoms with E-state index in [2.05, 4.69) is 31.2 Å². The molecule has 3 fully saturated rings. The number of anilines is 1. The van der Waals surface area contributed by atoms with Crippen LogP contribution in [0.15, 0.2) is 17.0 Å². The van der Waals surface area contributed by atoms with Gasteiger partial charge in [0.25, 0.3) is 6.43 Å². The fourth-order valence-electron chi connectivity index (χ4n) is 5.28. The third kappa shape index (κ3) is 4.57. The fraction of sp³-hybridized carbons (Fsp3) is 0.583. The number of pyridine rings is 1. The summed E-state index contributed by atoms with van der Waals surface area (Å²) in [5.74, 6) is 0.535. The monoisotopic (exact) mass is 578 g/mol. The number of sulfonamides is 1. The highest BCUT2D eigenvalue weighted by Gasteiger charge is 2.50. The van der Waals surface area contributed by atoms with Crippen molar-refractivity contribution in [3.05, 3.63) is 22.8 Å². The molecule has 0 unspecified atom stereocenters. The van der Waals surface area contributed by atoms with Gasteiger partial charge in [0.1, 0.15) is 22.7 Å².